The maximum absolute atomic E-state index is 5.96. The van der Waals surface area contributed by atoms with Crippen LogP contribution in [0.25, 0.3) is 10.4 Å². The van der Waals surface area contributed by atoms with Gasteiger partial charge in [-0.1, -0.05) is 12.1 Å². The second-order valence-corrected chi connectivity index (χ2v) is 7.56. The molecule has 1 aromatic heterocycles. The Morgan fingerprint density at radius 2 is 2.00 bits per heavy atom. The molecular formula is C19H28N4S. The zero-order valence-electron chi connectivity index (χ0n) is 14.2. The van der Waals surface area contributed by atoms with Crippen LogP contribution in [0.1, 0.15) is 32.1 Å². The van der Waals surface area contributed by atoms with E-state index < -0.39 is 0 Å². The van der Waals surface area contributed by atoms with Crippen molar-refractivity contribution < 1.29 is 0 Å². The van der Waals surface area contributed by atoms with Gasteiger partial charge in [-0.25, -0.2) is 4.37 Å². The van der Waals surface area contributed by atoms with E-state index in [9.17, 15) is 0 Å². The summed E-state index contributed by atoms with van der Waals surface area (Å²) in [4.78, 5) is 1.22. The van der Waals surface area contributed by atoms with Crippen LogP contribution in [0, 0.1) is 5.92 Å². The normalized spacial score (nSPS) is 20.9. The van der Waals surface area contributed by atoms with Crippen LogP contribution in [0.5, 0.6) is 0 Å². The highest BCUT2D eigenvalue weighted by molar-refractivity contribution is 7.09. The first kappa shape index (κ1) is 17.4. The number of rotatable bonds is 8. The Balaban J connectivity index is 1.31. The molecule has 1 fully saturated rings. The number of aromatic nitrogens is 1. The first-order valence-corrected chi connectivity index (χ1v) is 9.80. The number of hydrogen-bond donors (Lipinski definition) is 3. The van der Waals surface area contributed by atoms with Gasteiger partial charge in [-0.05, 0) is 86.4 Å². The quantitative estimate of drug-likeness (QED) is 0.639. The lowest BCUT2D eigenvalue weighted by atomic mass is 9.86. The molecule has 24 heavy (non-hydrogen) atoms. The third-order valence-corrected chi connectivity index (χ3v) is 5.56. The molecule has 2 aromatic rings. The summed E-state index contributed by atoms with van der Waals surface area (Å²) in [5, 5.41) is 7.12. The molecule has 0 saturated heterocycles. The van der Waals surface area contributed by atoms with Crippen LogP contribution in [-0.2, 0) is 0 Å². The monoisotopic (exact) mass is 344 g/mol. The first-order valence-electron chi connectivity index (χ1n) is 9.02. The lowest BCUT2D eigenvalue weighted by molar-refractivity contribution is 0.315. The Hall–Kier alpha value is -1.43. The van der Waals surface area contributed by atoms with Gasteiger partial charge in [-0.2, -0.15) is 0 Å². The van der Waals surface area contributed by atoms with Gasteiger partial charge in [0.2, 0.25) is 0 Å². The van der Waals surface area contributed by atoms with Crippen molar-refractivity contribution >= 4 is 17.2 Å². The minimum Gasteiger partial charge on any atom is -0.385 e. The lowest BCUT2D eigenvalue weighted by Gasteiger charge is -2.26. The Morgan fingerprint density at radius 1 is 1.12 bits per heavy atom. The Kier molecular flexibility index (Phi) is 6.64. The van der Waals surface area contributed by atoms with E-state index in [4.69, 9.17) is 5.73 Å². The van der Waals surface area contributed by atoms with Gasteiger partial charge in [0.15, 0.2) is 0 Å². The number of nitrogens with one attached hydrogen (secondary N) is 2. The second kappa shape index (κ2) is 9.16. The van der Waals surface area contributed by atoms with Crippen molar-refractivity contribution in [2.24, 2.45) is 11.7 Å². The Morgan fingerprint density at radius 3 is 2.79 bits per heavy atom. The molecule has 130 valence electrons. The van der Waals surface area contributed by atoms with Crippen molar-refractivity contribution in [3.63, 3.8) is 0 Å². The first-order chi connectivity index (χ1) is 11.8. The van der Waals surface area contributed by atoms with E-state index in [0.29, 0.717) is 6.04 Å². The van der Waals surface area contributed by atoms with Gasteiger partial charge in [0, 0.05) is 24.5 Å². The topological polar surface area (TPSA) is 63.0 Å². The summed E-state index contributed by atoms with van der Waals surface area (Å²) in [7, 11) is 0. The van der Waals surface area contributed by atoms with Crippen molar-refractivity contribution in [1.29, 1.82) is 0 Å². The molecule has 0 atom stereocenters. The van der Waals surface area contributed by atoms with Gasteiger partial charge >= 0.3 is 0 Å². The van der Waals surface area contributed by atoms with Gasteiger partial charge in [0.1, 0.15) is 0 Å². The molecule has 1 saturated carbocycles. The fourth-order valence-corrected chi connectivity index (χ4v) is 3.88. The molecule has 1 aliphatic carbocycles. The smallest absolute Gasteiger partial charge is 0.0550 e. The number of hydrogen-bond acceptors (Lipinski definition) is 5. The summed E-state index contributed by atoms with van der Waals surface area (Å²) in [6, 6.07) is 11.1. The molecule has 4 nitrogen and oxygen atoms in total. The minimum atomic E-state index is 0.450. The number of nitrogens with two attached hydrogens (primary N) is 1. The van der Waals surface area contributed by atoms with Gasteiger partial charge in [-0.3, -0.25) is 0 Å². The second-order valence-electron chi connectivity index (χ2n) is 6.72. The molecule has 0 bridgehead atoms. The fourth-order valence-electron chi connectivity index (χ4n) is 3.29. The van der Waals surface area contributed by atoms with E-state index >= 15 is 0 Å². The molecule has 1 aromatic carbocycles. The van der Waals surface area contributed by atoms with Gasteiger partial charge in [-0.15, -0.1) is 0 Å². The van der Waals surface area contributed by atoms with Crippen LogP contribution >= 0.6 is 11.5 Å². The molecule has 1 aliphatic rings. The van der Waals surface area contributed by atoms with Crippen molar-refractivity contribution in [1.82, 2.24) is 9.69 Å². The summed E-state index contributed by atoms with van der Waals surface area (Å²) in [5.41, 5.74) is 8.37. The van der Waals surface area contributed by atoms with E-state index in [1.165, 1.54) is 53.3 Å². The van der Waals surface area contributed by atoms with Crippen LogP contribution in [0.2, 0.25) is 0 Å². The predicted molar refractivity (Wildman–Crippen MR) is 103 cm³/mol. The maximum Gasteiger partial charge on any atom is 0.0550 e. The highest BCUT2D eigenvalue weighted by Crippen LogP contribution is 2.25. The Labute approximate surface area is 149 Å². The standard InChI is InChI=1S/C19H28N4S/c20-17-7-5-15(6-8-17)14-21-10-2-11-22-18-4-1-3-16(13-18)19-9-12-23-24-19/h1,3-4,9,12-13,15,17,21-22H,2,5-8,10-11,14,20H2. The SMILES string of the molecule is NC1CCC(CNCCCNc2cccc(-c3ccns3)c2)CC1. The highest BCUT2D eigenvalue weighted by atomic mass is 32.1. The minimum absolute atomic E-state index is 0.450. The molecule has 3 rings (SSSR count). The van der Waals surface area contributed by atoms with Crippen LogP contribution in [0.3, 0.4) is 0 Å². The molecular weight excluding hydrogens is 316 g/mol. The van der Waals surface area contributed by atoms with E-state index in [2.05, 4.69) is 45.3 Å². The van der Waals surface area contributed by atoms with Crippen molar-refractivity contribution in [3.8, 4) is 10.4 Å². The molecule has 0 unspecified atom stereocenters. The molecule has 0 aliphatic heterocycles. The number of benzene rings is 1. The van der Waals surface area contributed by atoms with Gasteiger partial charge in [0.05, 0.1) is 4.88 Å². The van der Waals surface area contributed by atoms with Crippen LogP contribution < -0.4 is 16.4 Å². The zero-order chi connectivity index (χ0) is 16.6. The fraction of sp³-hybridized carbons (Fsp3) is 0.526. The third-order valence-electron chi connectivity index (χ3n) is 4.77. The lowest BCUT2D eigenvalue weighted by Crippen LogP contribution is -2.32. The number of nitrogens with zero attached hydrogens (tertiary/aromatic N) is 1. The van der Waals surface area contributed by atoms with Crippen LogP contribution in [-0.4, -0.2) is 30.0 Å². The largest absolute Gasteiger partial charge is 0.385 e. The molecule has 5 heteroatoms. The summed E-state index contributed by atoms with van der Waals surface area (Å²) in [6.07, 6.45) is 7.96. The van der Waals surface area contributed by atoms with Crippen molar-refractivity contribution in [2.45, 2.75) is 38.1 Å². The maximum atomic E-state index is 5.96. The van der Waals surface area contributed by atoms with Crippen molar-refractivity contribution in [2.75, 3.05) is 25.0 Å². The van der Waals surface area contributed by atoms with Crippen LogP contribution in [0.15, 0.2) is 36.5 Å². The van der Waals surface area contributed by atoms with E-state index in [1.54, 1.807) is 0 Å². The highest BCUT2D eigenvalue weighted by Gasteiger charge is 2.17. The van der Waals surface area contributed by atoms with E-state index in [1.807, 2.05) is 6.20 Å². The predicted octanol–water partition coefficient (Wildman–Crippen LogP) is 3.72. The average molecular weight is 345 g/mol. The van der Waals surface area contributed by atoms with Gasteiger partial charge < -0.3 is 16.4 Å². The molecule has 1 heterocycles. The Bertz CT molecular complexity index is 591. The third kappa shape index (κ3) is 5.30. The average Bonchev–Trinajstić information content (AvgIpc) is 3.14. The summed E-state index contributed by atoms with van der Waals surface area (Å²) in [6.45, 7) is 3.21. The summed E-state index contributed by atoms with van der Waals surface area (Å²) < 4.78 is 4.17. The zero-order valence-corrected chi connectivity index (χ0v) is 15.0. The summed E-state index contributed by atoms with van der Waals surface area (Å²) >= 11 is 1.54. The van der Waals surface area contributed by atoms with E-state index in [-0.39, 0.29) is 0 Å². The summed E-state index contributed by atoms with van der Waals surface area (Å²) in [5.74, 6) is 0.828. The van der Waals surface area contributed by atoms with E-state index in [0.717, 1.165) is 32.0 Å². The van der Waals surface area contributed by atoms with Gasteiger partial charge in [0.25, 0.3) is 0 Å². The van der Waals surface area contributed by atoms with Crippen LogP contribution in [0.4, 0.5) is 5.69 Å². The molecule has 0 radical (unpaired) electrons. The number of anilines is 1. The molecule has 0 amide bonds. The van der Waals surface area contributed by atoms with Crippen molar-refractivity contribution in [3.05, 3.63) is 36.5 Å². The molecule has 4 N–H and O–H groups in total. The molecule has 0 spiro atoms.